The van der Waals surface area contributed by atoms with Gasteiger partial charge in [-0.15, -0.1) is 11.3 Å². The molecule has 1 N–H and O–H groups in total. The number of halogens is 1. The molecule has 0 fully saturated rings. The first-order chi connectivity index (χ1) is 10.2. The first-order valence-electron chi connectivity index (χ1n) is 6.40. The molecule has 1 heterocycles. The van der Waals surface area contributed by atoms with E-state index in [2.05, 4.69) is 27.9 Å². The van der Waals surface area contributed by atoms with E-state index >= 15 is 0 Å². The minimum Gasteiger partial charge on any atom is -0.382 e. The Bertz CT molecular complexity index is 600. The fraction of sp³-hybridized carbons (Fsp3) is 0.267. The summed E-state index contributed by atoms with van der Waals surface area (Å²) in [7, 11) is 1.64. The van der Waals surface area contributed by atoms with Crippen molar-refractivity contribution in [3.05, 3.63) is 49.7 Å². The lowest BCUT2D eigenvalue weighted by Crippen LogP contribution is -2.11. The van der Waals surface area contributed by atoms with Gasteiger partial charge in [0.1, 0.15) is 0 Å². The lowest BCUT2D eigenvalue weighted by molar-refractivity contribution is 0.0617. The second-order valence-corrected chi connectivity index (χ2v) is 7.14. The number of rotatable bonds is 7. The first kappa shape index (κ1) is 16.4. The molecule has 2 aromatic rings. The van der Waals surface area contributed by atoms with Crippen LogP contribution < -0.4 is 5.32 Å². The Morgan fingerprint density at radius 2 is 2.19 bits per heavy atom. The van der Waals surface area contributed by atoms with E-state index in [-0.39, 0.29) is 5.91 Å². The predicted octanol–water partition coefficient (Wildman–Crippen LogP) is 3.77. The average molecular weight is 417 g/mol. The molecule has 0 saturated carbocycles. The van der Waals surface area contributed by atoms with Gasteiger partial charge in [-0.25, -0.2) is 0 Å². The highest BCUT2D eigenvalue weighted by Gasteiger charge is 2.08. The number of thiophene rings is 1. The minimum atomic E-state index is -0.0911. The highest BCUT2D eigenvalue weighted by molar-refractivity contribution is 14.1. The molecule has 1 amide bonds. The smallest absolute Gasteiger partial charge is 0.256 e. The van der Waals surface area contributed by atoms with Gasteiger partial charge in [0, 0.05) is 18.2 Å². The van der Waals surface area contributed by atoms with Gasteiger partial charge in [-0.3, -0.25) is 4.79 Å². The summed E-state index contributed by atoms with van der Waals surface area (Å²) in [5, 5.41) is 4.75. The molecule has 4 nitrogen and oxygen atoms in total. The van der Waals surface area contributed by atoms with E-state index < -0.39 is 0 Å². The molecule has 1 aromatic carbocycles. The Morgan fingerprint density at radius 1 is 1.33 bits per heavy atom. The van der Waals surface area contributed by atoms with E-state index in [1.165, 1.54) is 0 Å². The average Bonchev–Trinajstić information content (AvgIpc) is 2.91. The summed E-state index contributed by atoms with van der Waals surface area (Å²) in [6.07, 6.45) is 0. The highest BCUT2D eigenvalue weighted by Crippen LogP contribution is 2.18. The maximum absolute atomic E-state index is 12.1. The van der Waals surface area contributed by atoms with Gasteiger partial charge in [-0.1, -0.05) is 12.1 Å². The van der Waals surface area contributed by atoms with Crippen molar-refractivity contribution in [3.63, 3.8) is 0 Å². The van der Waals surface area contributed by atoms with Gasteiger partial charge in [0.15, 0.2) is 0 Å². The minimum absolute atomic E-state index is 0.0911. The molecule has 0 atom stereocenters. The van der Waals surface area contributed by atoms with Crippen LogP contribution in [0.15, 0.2) is 35.7 Å². The van der Waals surface area contributed by atoms with Crippen LogP contribution in [0.1, 0.15) is 15.9 Å². The van der Waals surface area contributed by atoms with Crippen molar-refractivity contribution in [2.24, 2.45) is 0 Å². The number of nitrogens with one attached hydrogen (secondary N) is 1. The van der Waals surface area contributed by atoms with Crippen molar-refractivity contribution in [1.82, 2.24) is 0 Å². The zero-order valence-corrected chi connectivity index (χ0v) is 14.6. The fourth-order valence-corrected chi connectivity index (χ4v) is 3.03. The summed E-state index contributed by atoms with van der Waals surface area (Å²) >= 11 is 3.76. The van der Waals surface area contributed by atoms with E-state index in [0.717, 1.165) is 14.1 Å². The molecule has 112 valence electrons. The fourth-order valence-electron chi connectivity index (χ4n) is 1.70. The Labute approximate surface area is 141 Å². The van der Waals surface area contributed by atoms with Crippen molar-refractivity contribution in [2.75, 3.05) is 25.6 Å². The van der Waals surface area contributed by atoms with Crippen LogP contribution in [-0.2, 0) is 16.1 Å². The third-order valence-corrected chi connectivity index (χ3v) is 4.50. The molecule has 0 saturated heterocycles. The van der Waals surface area contributed by atoms with Crippen molar-refractivity contribution in [1.29, 1.82) is 0 Å². The Morgan fingerprint density at radius 3 is 2.90 bits per heavy atom. The molecule has 0 bridgehead atoms. The van der Waals surface area contributed by atoms with Gasteiger partial charge in [-0.05, 0) is 46.4 Å². The molecule has 0 spiro atoms. The van der Waals surface area contributed by atoms with Crippen LogP contribution in [0.2, 0.25) is 0 Å². The van der Waals surface area contributed by atoms with Crippen LogP contribution >= 0.6 is 33.9 Å². The first-order valence-corrected chi connectivity index (χ1v) is 8.36. The third-order valence-electron chi connectivity index (χ3n) is 2.72. The Balaban J connectivity index is 1.92. The van der Waals surface area contributed by atoms with Crippen molar-refractivity contribution in [3.8, 4) is 0 Å². The zero-order valence-electron chi connectivity index (χ0n) is 11.6. The standard InChI is InChI=1S/C15H16INO3S/c1-19-5-6-20-9-11-3-2-4-13(7-11)17-15(18)12-8-14(16)21-10-12/h2-4,7-8,10H,5-6,9H2,1H3,(H,17,18). The van der Waals surface area contributed by atoms with Gasteiger partial charge >= 0.3 is 0 Å². The van der Waals surface area contributed by atoms with E-state index in [9.17, 15) is 4.79 Å². The topological polar surface area (TPSA) is 47.6 Å². The molecule has 0 radical (unpaired) electrons. The number of methoxy groups -OCH3 is 1. The second kappa shape index (κ2) is 8.47. The van der Waals surface area contributed by atoms with E-state index in [4.69, 9.17) is 9.47 Å². The van der Waals surface area contributed by atoms with E-state index in [1.54, 1.807) is 18.4 Å². The molecular weight excluding hydrogens is 401 g/mol. The Kier molecular flexibility index (Phi) is 6.62. The number of benzene rings is 1. The van der Waals surface area contributed by atoms with Gasteiger partial charge in [0.05, 0.1) is 28.3 Å². The lowest BCUT2D eigenvalue weighted by Gasteiger charge is -2.07. The number of carbonyl (C=O) groups is 1. The quantitative estimate of drug-likeness (QED) is 0.551. The molecule has 0 unspecified atom stereocenters. The summed E-state index contributed by atoms with van der Waals surface area (Å²) in [5.74, 6) is -0.0911. The van der Waals surface area contributed by atoms with Crippen LogP contribution in [-0.4, -0.2) is 26.2 Å². The maximum atomic E-state index is 12.1. The molecule has 1 aromatic heterocycles. The van der Waals surface area contributed by atoms with E-state index in [0.29, 0.717) is 25.4 Å². The predicted molar refractivity (Wildman–Crippen MR) is 93.0 cm³/mol. The SMILES string of the molecule is COCCOCc1cccc(NC(=O)c2csc(I)c2)c1. The summed E-state index contributed by atoms with van der Waals surface area (Å²) in [6.45, 7) is 1.64. The summed E-state index contributed by atoms with van der Waals surface area (Å²) in [5.41, 5.74) is 2.48. The number of ether oxygens (including phenoxy) is 2. The molecule has 0 aliphatic rings. The number of carbonyl (C=O) groups excluding carboxylic acids is 1. The summed E-state index contributed by atoms with van der Waals surface area (Å²) < 4.78 is 11.5. The molecule has 21 heavy (non-hydrogen) atoms. The number of hydrogen-bond acceptors (Lipinski definition) is 4. The molecule has 0 aliphatic carbocycles. The van der Waals surface area contributed by atoms with E-state index in [1.807, 2.05) is 35.7 Å². The van der Waals surface area contributed by atoms with Crippen LogP contribution in [0.25, 0.3) is 0 Å². The van der Waals surface area contributed by atoms with Gasteiger partial charge in [0.2, 0.25) is 0 Å². The van der Waals surface area contributed by atoms with Crippen molar-refractivity contribution >= 4 is 45.5 Å². The zero-order chi connectivity index (χ0) is 15.1. The largest absolute Gasteiger partial charge is 0.382 e. The molecular formula is C15H16INO3S. The monoisotopic (exact) mass is 417 g/mol. The van der Waals surface area contributed by atoms with Crippen molar-refractivity contribution < 1.29 is 14.3 Å². The summed E-state index contributed by atoms with van der Waals surface area (Å²) in [6, 6.07) is 9.53. The molecule has 0 aliphatic heterocycles. The van der Waals surface area contributed by atoms with Gasteiger partial charge in [-0.2, -0.15) is 0 Å². The molecule has 2 rings (SSSR count). The van der Waals surface area contributed by atoms with Crippen LogP contribution in [0.5, 0.6) is 0 Å². The second-order valence-electron chi connectivity index (χ2n) is 4.34. The van der Waals surface area contributed by atoms with Crippen molar-refractivity contribution in [2.45, 2.75) is 6.61 Å². The third kappa shape index (κ3) is 5.39. The lowest BCUT2D eigenvalue weighted by atomic mass is 10.2. The van der Waals surface area contributed by atoms with Crippen LogP contribution in [0, 0.1) is 2.88 Å². The number of amides is 1. The Hall–Kier alpha value is -0.960. The normalized spacial score (nSPS) is 10.6. The number of anilines is 1. The number of hydrogen-bond donors (Lipinski definition) is 1. The van der Waals surface area contributed by atoms with Crippen LogP contribution in [0.4, 0.5) is 5.69 Å². The maximum Gasteiger partial charge on any atom is 0.256 e. The van der Waals surface area contributed by atoms with Crippen LogP contribution in [0.3, 0.4) is 0 Å². The van der Waals surface area contributed by atoms with Gasteiger partial charge in [0.25, 0.3) is 5.91 Å². The molecule has 6 heteroatoms. The highest BCUT2D eigenvalue weighted by atomic mass is 127. The summed E-state index contributed by atoms with van der Waals surface area (Å²) in [4.78, 5) is 12.1. The van der Waals surface area contributed by atoms with Gasteiger partial charge < -0.3 is 14.8 Å².